The molecule has 0 bridgehead atoms. The van der Waals surface area contributed by atoms with Crippen molar-refractivity contribution in [3.63, 3.8) is 0 Å². The quantitative estimate of drug-likeness (QED) is 0.821. The van der Waals surface area contributed by atoms with E-state index in [0.717, 1.165) is 0 Å². The van der Waals surface area contributed by atoms with E-state index in [1.54, 1.807) is 18.2 Å². The number of aliphatic hydroxyl groups is 1. The van der Waals surface area contributed by atoms with Gasteiger partial charge < -0.3 is 23.7 Å². The van der Waals surface area contributed by atoms with E-state index in [4.69, 9.17) is 23.7 Å². The molecule has 0 aliphatic carbocycles. The van der Waals surface area contributed by atoms with Gasteiger partial charge >= 0.3 is 5.63 Å². The minimum Gasteiger partial charge on any atom is -0.497 e. The zero-order valence-corrected chi connectivity index (χ0v) is 10.6. The third-order valence-corrected chi connectivity index (χ3v) is 2.57. The maximum atomic E-state index is 11.9. The predicted octanol–water partition coefficient (Wildman–Crippen LogP) is 1.28. The fourth-order valence-electron chi connectivity index (χ4n) is 1.75. The van der Waals surface area contributed by atoms with E-state index in [1.807, 2.05) is 0 Å². The Bertz CT molecular complexity index is 626. The number of aliphatic hydroxyl groups excluding tert-OH is 1. The zero-order chi connectivity index (χ0) is 13.8. The fourth-order valence-corrected chi connectivity index (χ4v) is 1.75. The van der Waals surface area contributed by atoms with Crippen LogP contribution in [-0.2, 0) is 11.3 Å². The number of hydrogen-bond donors (Lipinski definition) is 1. The zero-order valence-electron chi connectivity index (χ0n) is 10.6. The lowest BCUT2D eigenvalue weighted by Gasteiger charge is -2.10. The first-order valence-corrected chi connectivity index (χ1v) is 5.57. The lowest BCUT2D eigenvalue weighted by atomic mass is 10.1. The molecule has 0 spiro atoms. The summed E-state index contributed by atoms with van der Waals surface area (Å²) in [5.41, 5.74) is -0.574. The highest BCUT2D eigenvalue weighted by Gasteiger charge is 2.12. The number of fused-ring (bicyclic) bond motifs is 1. The molecule has 2 aromatic rings. The monoisotopic (exact) mass is 266 g/mol. The summed E-state index contributed by atoms with van der Waals surface area (Å²) in [6.45, 7) is -0.347. The minimum absolute atomic E-state index is 0.00343. The first-order valence-electron chi connectivity index (χ1n) is 5.57. The van der Waals surface area contributed by atoms with Gasteiger partial charge in [-0.15, -0.1) is 0 Å². The normalized spacial score (nSPS) is 10.7. The van der Waals surface area contributed by atoms with Crippen LogP contribution in [0.25, 0.3) is 10.8 Å². The number of benzene rings is 1. The van der Waals surface area contributed by atoms with Crippen molar-refractivity contribution in [2.45, 2.75) is 6.61 Å². The molecular formula is C13H14O6. The summed E-state index contributed by atoms with van der Waals surface area (Å²) < 4.78 is 20.3. The highest BCUT2D eigenvalue weighted by atomic mass is 16.7. The maximum absolute atomic E-state index is 11.9. The molecule has 0 unspecified atom stereocenters. The molecule has 0 saturated heterocycles. The Balaban J connectivity index is 2.67. The Labute approximate surface area is 109 Å². The van der Waals surface area contributed by atoms with E-state index in [0.29, 0.717) is 16.9 Å². The standard InChI is InChI=1S/C13H14O6/c1-16-7-18-11-5-9(17-2)3-8-4-10(6-14)19-13(15)12(8)11/h3-5,14H,6-7H2,1-2H3. The molecule has 1 N–H and O–H groups in total. The summed E-state index contributed by atoms with van der Waals surface area (Å²) in [5, 5.41) is 9.91. The van der Waals surface area contributed by atoms with Crippen LogP contribution < -0.4 is 15.1 Å². The van der Waals surface area contributed by atoms with E-state index in [1.165, 1.54) is 14.2 Å². The molecule has 0 aliphatic heterocycles. The Morgan fingerprint density at radius 2 is 2.05 bits per heavy atom. The van der Waals surface area contributed by atoms with Crippen molar-refractivity contribution in [2.24, 2.45) is 0 Å². The van der Waals surface area contributed by atoms with E-state index in [2.05, 4.69) is 0 Å². The van der Waals surface area contributed by atoms with E-state index in [-0.39, 0.29) is 24.5 Å². The van der Waals surface area contributed by atoms with Crippen molar-refractivity contribution in [2.75, 3.05) is 21.0 Å². The molecule has 0 fully saturated rings. The van der Waals surface area contributed by atoms with Gasteiger partial charge in [-0.05, 0) is 17.5 Å². The molecule has 2 rings (SSSR count). The van der Waals surface area contributed by atoms with Gasteiger partial charge in [-0.1, -0.05) is 0 Å². The molecule has 0 atom stereocenters. The van der Waals surface area contributed by atoms with Crippen LogP contribution in [0.4, 0.5) is 0 Å². The van der Waals surface area contributed by atoms with Gasteiger partial charge in [-0.2, -0.15) is 0 Å². The Kier molecular flexibility index (Phi) is 4.03. The summed E-state index contributed by atoms with van der Waals surface area (Å²) in [6, 6.07) is 4.82. The van der Waals surface area contributed by atoms with E-state index < -0.39 is 5.63 Å². The first-order chi connectivity index (χ1) is 9.19. The summed E-state index contributed by atoms with van der Waals surface area (Å²) in [4.78, 5) is 11.9. The van der Waals surface area contributed by atoms with E-state index >= 15 is 0 Å². The average molecular weight is 266 g/mol. The molecule has 6 heteroatoms. The molecule has 0 radical (unpaired) electrons. The SMILES string of the molecule is COCOc1cc(OC)cc2cc(CO)oc(=O)c12. The summed E-state index contributed by atoms with van der Waals surface area (Å²) in [5.74, 6) is 1.03. The molecule has 102 valence electrons. The third kappa shape index (κ3) is 2.69. The van der Waals surface area contributed by atoms with Gasteiger partial charge in [0.1, 0.15) is 29.3 Å². The molecule has 1 heterocycles. The van der Waals surface area contributed by atoms with Gasteiger partial charge in [0.2, 0.25) is 0 Å². The summed E-state index contributed by atoms with van der Waals surface area (Å²) in [6.07, 6.45) is 0. The molecule has 6 nitrogen and oxygen atoms in total. The summed E-state index contributed by atoms with van der Waals surface area (Å²) >= 11 is 0. The number of rotatable bonds is 5. The van der Waals surface area contributed by atoms with Gasteiger partial charge in [0.25, 0.3) is 0 Å². The molecule has 0 saturated carbocycles. The fraction of sp³-hybridized carbons (Fsp3) is 0.308. The largest absolute Gasteiger partial charge is 0.497 e. The van der Waals surface area contributed by atoms with Crippen LogP contribution in [0, 0.1) is 0 Å². The molecule has 19 heavy (non-hydrogen) atoms. The summed E-state index contributed by atoms with van der Waals surface area (Å²) in [7, 11) is 2.99. The second kappa shape index (κ2) is 5.73. The van der Waals surface area contributed by atoms with Crippen molar-refractivity contribution in [3.05, 3.63) is 34.4 Å². The lowest BCUT2D eigenvalue weighted by molar-refractivity contribution is 0.0520. The van der Waals surface area contributed by atoms with Crippen molar-refractivity contribution in [1.82, 2.24) is 0 Å². The first kappa shape index (κ1) is 13.4. The smallest absolute Gasteiger partial charge is 0.347 e. The van der Waals surface area contributed by atoms with Crippen LogP contribution in [-0.4, -0.2) is 26.1 Å². The molecule has 1 aromatic heterocycles. The van der Waals surface area contributed by atoms with Crippen LogP contribution in [0.2, 0.25) is 0 Å². The molecular weight excluding hydrogens is 252 g/mol. The van der Waals surface area contributed by atoms with Gasteiger partial charge in [-0.3, -0.25) is 0 Å². The van der Waals surface area contributed by atoms with Crippen molar-refractivity contribution >= 4 is 10.8 Å². The van der Waals surface area contributed by atoms with Crippen LogP contribution in [0.5, 0.6) is 11.5 Å². The molecule has 0 amide bonds. The Morgan fingerprint density at radius 1 is 1.26 bits per heavy atom. The Morgan fingerprint density at radius 3 is 2.68 bits per heavy atom. The lowest BCUT2D eigenvalue weighted by Crippen LogP contribution is -2.07. The van der Waals surface area contributed by atoms with Gasteiger partial charge in [0, 0.05) is 13.2 Å². The second-order valence-corrected chi connectivity index (χ2v) is 3.80. The maximum Gasteiger partial charge on any atom is 0.347 e. The van der Waals surface area contributed by atoms with Crippen molar-refractivity contribution < 1.29 is 23.7 Å². The predicted molar refractivity (Wildman–Crippen MR) is 67.5 cm³/mol. The van der Waals surface area contributed by atoms with Crippen LogP contribution in [0.15, 0.2) is 27.4 Å². The average Bonchev–Trinajstić information content (AvgIpc) is 2.43. The molecule has 1 aromatic carbocycles. The van der Waals surface area contributed by atoms with E-state index in [9.17, 15) is 4.79 Å². The van der Waals surface area contributed by atoms with Crippen molar-refractivity contribution in [3.8, 4) is 11.5 Å². The topological polar surface area (TPSA) is 78.1 Å². The van der Waals surface area contributed by atoms with Crippen LogP contribution >= 0.6 is 0 Å². The van der Waals surface area contributed by atoms with Gasteiger partial charge in [-0.25, -0.2) is 4.79 Å². The second-order valence-electron chi connectivity index (χ2n) is 3.80. The van der Waals surface area contributed by atoms with Crippen molar-refractivity contribution in [1.29, 1.82) is 0 Å². The van der Waals surface area contributed by atoms with Crippen LogP contribution in [0.1, 0.15) is 5.76 Å². The number of methoxy groups -OCH3 is 2. The highest BCUT2D eigenvalue weighted by Crippen LogP contribution is 2.29. The highest BCUT2D eigenvalue weighted by molar-refractivity contribution is 5.88. The number of hydrogen-bond acceptors (Lipinski definition) is 6. The Hall–Kier alpha value is -2.05. The van der Waals surface area contributed by atoms with Gasteiger partial charge in [0.15, 0.2) is 6.79 Å². The number of ether oxygens (including phenoxy) is 3. The molecule has 0 aliphatic rings. The van der Waals surface area contributed by atoms with Crippen LogP contribution in [0.3, 0.4) is 0 Å². The third-order valence-electron chi connectivity index (χ3n) is 2.57. The van der Waals surface area contributed by atoms with Gasteiger partial charge in [0.05, 0.1) is 7.11 Å². The minimum atomic E-state index is -0.574.